The zero-order chi connectivity index (χ0) is 18.2. The Bertz CT molecular complexity index is 870. The van der Waals surface area contributed by atoms with Crippen LogP contribution < -0.4 is 16.6 Å². The molecule has 1 aromatic heterocycles. The van der Waals surface area contributed by atoms with Crippen molar-refractivity contribution in [2.24, 2.45) is 0 Å². The lowest BCUT2D eigenvalue weighted by atomic mass is 10.1. The molecule has 1 unspecified atom stereocenters. The van der Waals surface area contributed by atoms with E-state index in [0.717, 1.165) is 10.1 Å². The molecular formula is C17H17N3O5. The molecule has 2 aromatic rings. The summed E-state index contributed by atoms with van der Waals surface area (Å²) in [5.41, 5.74) is -0.519. The quantitative estimate of drug-likeness (QED) is 0.573. The van der Waals surface area contributed by atoms with E-state index < -0.39 is 23.4 Å². The van der Waals surface area contributed by atoms with Crippen LogP contribution in [0.2, 0.25) is 0 Å². The van der Waals surface area contributed by atoms with Gasteiger partial charge in [-0.3, -0.25) is 14.3 Å². The molecule has 0 fully saturated rings. The normalized spacial score (nSPS) is 11.4. The predicted octanol–water partition coefficient (Wildman–Crippen LogP) is 0.889. The number of nitrogens with one attached hydrogen (secondary N) is 2. The van der Waals surface area contributed by atoms with Crippen LogP contribution in [0.15, 0.2) is 58.8 Å². The summed E-state index contributed by atoms with van der Waals surface area (Å²) in [4.78, 5) is 48.2. The minimum absolute atomic E-state index is 0.0631. The third-order valence-corrected chi connectivity index (χ3v) is 3.37. The molecular weight excluding hydrogens is 326 g/mol. The number of H-pyrrole nitrogens is 1. The van der Waals surface area contributed by atoms with Crippen LogP contribution in [0.5, 0.6) is 0 Å². The van der Waals surface area contributed by atoms with E-state index in [1.807, 2.05) is 18.2 Å². The monoisotopic (exact) mass is 343 g/mol. The Morgan fingerprint density at radius 1 is 1.32 bits per heavy atom. The number of aromatic amines is 1. The fourth-order valence-corrected chi connectivity index (χ4v) is 2.12. The second-order valence-electron chi connectivity index (χ2n) is 5.08. The maximum Gasteiger partial charge on any atom is 0.408 e. The van der Waals surface area contributed by atoms with Crippen molar-refractivity contribution in [1.82, 2.24) is 14.9 Å². The minimum Gasteiger partial charge on any atom is -0.445 e. The first-order chi connectivity index (χ1) is 12.0. The zero-order valence-corrected chi connectivity index (χ0v) is 13.3. The fourth-order valence-electron chi connectivity index (χ4n) is 2.12. The van der Waals surface area contributed by atoms with Gasteiger partial charge in [0.1, 0.15) is 12.9 Å². The van der Waals surface area contributed by atoms with E-state index in [0.29, 0.717) is 6.29 Å². The summed E-state index contributed by atoms with van der Waals surface area (Å²) in [6.45, 7) is 3.42. The SMILES string of the molecule is C=CC(NC(=O)OCc1ccccc1)c1cn(CC=O)c(=O)[nH]c1=O. The number of rotatable bonds is 7. The van der Waals surface area contributed by atoms with Crippen LogP contribution in [-0.2, 0) is 22.7 Å². The molecule has 1 aromatic carbocycles. The topological polar surface area (TPSA) is 110 Å². The van der Waals surface area contributed by atoms with E-state index in [9.17, 15) is 19.2 Å². The van der Waals surface area contributed by atoms with E-state index in [4.69, 9.17) is 4.74 Å². The molecule has 25 heavy (non-hydrogen) atoms. The van der Waals surface area contributed by atoms with Crippen molar-refractivity contribution in [1.29, 1.82) is 0 Å². The molecule has 1 atom stereocenters. The first-order valence-corrected chi connectivity index (χ1v) is 7.42. The van der Waals surface area contributed by atoms with Gasteiger partial charge in [-0.05, 0) is 5.56 Å². The number of aldehydes is 1. The van der Waals surface area contributed by atoms with Gasteiger partial charge in [0, 0.05) is 6.20 Å². The number of carbonyl (C=O) groups excluding carboxylic acids is 2. The van der Waals surface area contributed by atoms with Crippen LogP contribution in [0.1, 0.15) is 17.2 Å². The van der Waals surface area contributed by atoms with E-state index >= 15 is 0 Å². The number of alkyl carbamates (subject to hydrolysis) is 1. The number of benzene rings is 1. The number of amides is 1. The van der Waals surface area contributed by atoms with Gasteiger partial charge in [0.2, 0.25) is 0 Å². The number of carbonyl (C=O) groups is 2. The molecule has 0 spiro atoms. The Hall–Kier alpha value is -3.42. The van der Waals surface area contributed by atoms with Gasteiger partial charge in [-0.25, -0.2) is 9.59 Å². The average molecular weight is 343 g/mol. The largest absolute Gasteiger partial charge is 0.445 e. The van der Waals surface area contributed by atoms with Crippen molar-refractivity contribution in [3.63, 3.8) is 0 Å². The van der Waals surface area contributed by atoms with Gasteiger partial charge < -0.3 is 14.8 Å². The maximum atomic E-state index is 12.0. The van der Waals surface area contributed by atoms with Gasteiger partial charge in [0.25, 0.3) is 5.56 Å². The van der Waals surface area contributed by atoms with Crippen molar-refractivity contribution in [3.05, 3.63) is 81.1 Å². The third kappa shape index (κ3) is 4.77. The summed E-state index contributed by atoms with van der Waals surface area (Å²) < 4.78 is 6.11. The summed E-state index contributed by atoms with van der Waals surface area (Å²) in [5.74, 6) is 0. The molecule has 0 aliphatic carbocycles. The summed E-state index contributed by atoms with van der Waals surface area (Å²) in [6, 6.07) is 8.21. The first-order valence-electron chi connectivity index (χ1n) is 7.42. The molecule has 8 nitrogen and oxygen atoms in total. The first kappa shape index (κ1) is 17.9. The highest BCUT2D eigenvalue weighted by Gasteiger charge is 2.17. The van der Waals surface area contributed by atoms with Gasteiger partial charge in [-0.2, -0.15) is 0 Å². The predicted molar refractivity (Wildman–Crippen MR) is 90.1 cm³/mol. The highest BCUT2D eigenvalue weighted by Crippen LogP contribution is 2.09. The van der Waals surface area contributed by atoms with Crippen LogP contribution in [0.4, 0.5) is 4.79 Å². The number of nitrogens with zero attached hydrogens (tertiary/aromatic N) is 1. The molecule has 0 radical (unpaired) electrons. The van der Waals surface area contributed by atoms with Crippen molar-refractivity contribution in [2.45, 2.75) is 19.2 Å². The second-order valence-corrected chi connectivity index (χ2v) is 5.08. The Kier molecular flexibility index (Phi) is 6.05. The molecule has 2 rings (SSSR count). The van der Waals surface area contributed by atoms with E-state index in [2.05, 4.69) is 16.9 Å². The fraction of sp³-hybridized carbons (Fsp3) is 0.176. The van der Waals surface area contributed by atoms with Crippen LogP contribution in [0, 0.1) is 0 Å². The zero-order valence-electron chi connectivity index (χ0n) is 13.3. The third-order valence-electron chi connectivity index (χ3n) is 3.37. The summed E-state index contributed by atoms with van der Waals surface area (Å²) in [6.07, 6.45) is 2.30. The molecule has 0 aliphatic rings. The van der Waals surface area contributed by atoms with E-state index in [1.54, 1.807) is 12.1 Å². The Morgan fingerprint density at radius 2 is 2.04 bits per heavy atom. The summed E-state index contributed by atoms with van der Waals surface area (Å²) in [7, 11) is 0. The van der Waals surface area contributed by atoms with Gasteiger partial charge >= 0.3 is 11.8 Å². The van der Waals surface area contributed by atoms with Crippen LogP contribution >= 0.6 is 0 Å². The van der Waals surface area contributed by atoms with Crippen LogP contribution in [-0.4, -0.2) is 21.9 Å². The molecule has 0 saturated carbocycles. The highest BCUT2D eigenvalue weighted by atomic mass is 16.5. The Morgan fingerprint density at radius 3 is 2.68 bits per heavy atom. The van der Waals surface area contributed by atoms with Gasteiger partial charge in [0.15, 0.2) is 0 Å². The summed E-state index contributed by atoms with van der Waals surface area (Å²) in [5, 5.41) is 2.48. The molecule has 0 aliphatic heterocycles. The number of ether oxygens (including phenoxy) is 1. The average Bonchev–Trinajstić information content (AvgIpc) is 2.61. The minimum atomic E-state index is -0.884. The van der Waals surface area contributed by atoms with Crippen LogP contribution in [0.25, 0.3) is 0 Å². The molecule has 8 heteroatoms. The van der Waals surface area contributed by atoms with Gasteiger partial charge in [0.05, 0.1) is 18.2 Å². The van der Waals surface area contributed by atoms with Crippen molar-refractivity contribution in [2.75, 3.05) is 0 Å². The lowest BCUT2D eigenvalue weighted by Gasteiger charge is -2.15. The van der Waals surface area contributed by atoms with Crippen molar-refractivity contribution >= 4 is 12.4 Å². The molecule has 130 valence electrons. The molecule has 0 bridgehead atoms. The molecule has 1 heterocycles. The Balaban J connectivity index is 2.11. The highest BCUT2D eigenvalue weighted by molar-refractivity contribution is 5.68. The van der Waals surface area contributed by atoms with Gasteiger partial charge in [-0.1, -0.05) is 36.4 Å². The lowest BCUT2D eigenvalue weighted by Crippen LogP contribution is -2.37. The molecule has 2 N–H and O–H groups in total. The van der Waals surface area contributed by atoms with Crippen molar-refractivity contribution < 1.29 is 14.3 Å². The number of hydrogen-bond acceptors (Lipinski definition) is 5. The second kappa shape index (κ2) is 8.44. The number of hydrogen-bond donors (Lipinski definition) is 2. The van der Waals surface area contributed by atoms with Gasteiger partial charge in [-0.15, -0.1) is 6.58 Å². The van der Waals surface area contributed by atoms with Crippen LogP contribution in [0.3, 0.4) is 0 Å². The van der Waals surface area contributed by atoms with E-state index in [1.165, 1.54) is 12.3 Å². The van der Waals surface area contributed by atoms with Crippen molar-refractivity contribution in [3.8, 4) is 0 Å². The number of aromatic nitrogens is 2. The maximum absolute atomic E-state index is 12.0. The standard InChI is InChI=1S/C17H17N3O5/c1-2-14(13-10-20(8-9-21)16(23)19-15(13)22)18-17(24)25-11-12-6-4-3-5-7-12/h2-7,9-10,14H,1,8,11H2,(H,18,24)(H,19,22,23). The smallest absolute Gasteiger partial charge is 0.408 e. The lowest BCUT2D eigenvalue weighted by molar-refractivity contribution is -0.108. The summed E-state index contributed by atoms with van der Waals surface area (Å²) >= 11 is 0. The molecule has 1 amide bonds. The molecule has 0 saturated heterocycles. The Labute approximate surface area is 142 Å². The van der Waals surface area contributed by atoms with E-state index in [-0.39, 0.29) is 18.7 Å².